The lowest BCUT2D eigenvalue weighted by Gasteiger charge is -2.12. The van der Waals surface area contributed by atoms with E-state index in [-0.39, 0.29) is 5.82 Å². The molecule has 2 nitrogen and oxygen atoms in total. The van der Waals surface area contributed by atoms with Crippen LogP contribution in [0.4, 0.5) is 4.39 Å². The number of methoxy groups -OCH3 is 2. The van der Waals surface area contributed by atoms with Crippen molar-refractivity contribution in [1.29, 1.82) is 0 Å². The minimum Gasteiger partial charge on any atom is -0.497 e. The Morgan fingerprint density at radius 3 is 2.28 bits per heavy atom. The van der Waals surface area contributed by atoms with E-state index in [2.05, 4.69) is 15.9 Å². The maximum Gasteiger partial charge on any atom is 0.130 e. The average Bonchev–Trinajstić information content (AvgIpc) is 2.38. The van der Waals surface area contributed by atoms with Crippen LogP contribution in [0.15, 0.2) is 40.9 Å². The molecule has 0 N–H and O–H groups in total. The zero-order valence-corrected chi connectivity index (χ0v) is 11.6. The predicted octanol–water partition coefficient (Wildman–Crippen LogP) is 4.27. The predicted molar refractivity (Wildman–Crippen MR) is 72.6 cm³/mol. The SMILES string of the molecule is COc1ccc(-c2ccc(F)cc2Br)c(OC)c1. The molecule has 0 aliphatic heterocycles. The Morgan fingerprint density at radius 1 is 0.944 bits per heavy atom. The summed E-state index contributed by atoms with van der Waals surface area (Å²) in [6.45, 7) is 0. The fraction of sp³-hybridized carbons (Fsp3) is 0.143. The smallest absolute Gasteiger partial charge is 0.130 e. The van der Waals surface area contributed by atoms with Crippen LogP contribution in [-0.2, 0) is 0 Å². The summed E-state index contributed by atoms with van der Waals surface area (Å²) in [4.78, 5) is 0. The van der Waals surface area contributed by atoms with Crippen LogP contribution in [0, 0.1) is 5.82 Å². The monoisotopic (exact) mass is 310 g/mol. The van der Waals surface area contributed by atoms with Gasteiger partial charge >= 0.3 is 0 Å². The Labute approximate surface area is 113 Å². The fourth-order valence-electron chi connectivity index (χ4n) is 1.73. The number of rotatable bonds is 3. The molecule has 0 aromatic heterocycles. The summed E-state index contributed by atoms with van der Waals surface area (Å²) in [7, 11) is 3.19. The maximum absolute atomic E-state index is 13.1. The molecule has 0 spiro atoms. The van der Waals surface area contributed by atoms with Crippen molar-refractivity contribution in [2.24, 2.45) is 0 Å². The Kier molecular flexibility index (Phi) is 3.87. The molecule has 2 aromatic carbocycles. The van der Waals surface area contributed by atoms with E-state index in [1.165, 1.54) is 12.1 Å². The molecule has 0 atom stereocenters. The van der Waals surface area contributed by atoms with Gasteiger partial charge in [0.15, 0.2) is 0 Å². The molecule has 2 aromatic rings. The van der Waals surface area contributed by atoms with Crippen molar-refractivity contribution in [2.45, 2.75) is 0 Å². The summed E-state index contributed by atoms with van der Waals surface area (Å²) in [5.74, 6) is 1.12. The molecule has 0 saturated heterocycles. The van der Waals surface area contributed by atoms with Crippen LogP contribution in [0.3, 0.4) is 0 Å². The Balaban J connectivity index is 2.56. The third-order valence-electron chi connectivity index (χ3n) is 2.63. The molecular weight excluding hydrogens is 299 g/mol. The third-order valence-corrected chi connectivity index (χ3v) is 3.29. The van der Waals surface area contributed by atoms with Crippen molar-refractivity contribution in [3.63, 3.8) is 0 Å². The number of hydrogen-bond donors (Lipinski definition) is 0. The minimum absolute atomic E-state index is 0.280. The van der Waals surface area contributed by atoms with Gasteiger partial charge in [-0.25, -0.2) is 4.39 Å². The standard InChI is InChI=1S/C14H12BrFO2/c1-17-10-4-6-12(14(8-10)18-2)11-5-3-9(16)7-13(11)15/h3-8H,1-2H3. The molecule has 0 saturated carbocycles. The van der Waals surface area contributed by atoms with Crippen LogP contribution in [0.1, 0.15) is 0 Å². The van der Waals surface area contributed by atoms with Gasteiger partial charge in [-0.2, -0.15) is 0 Å². The molecule has 2 rings (SSSR count). The highest BCUT2D eigenvalue weighted by Crippen LogP contribution is 2.37. The molecule has 0 heterocycles. The Morgan fingerprint density at radius 2 is 1.67 bits per heavy atom. The highest BCUT2D eigenvalue weighted by Gasteiger charge is 2.11. The van der Waals surface area contributed by atoms with E-state index in [0.717, 1.165) is 11.1 Å². The van der Waals surface area contributed by atoms with Crippen LogP contribution in [0.25, 0.3) is 11.1 Å². The highest BCUT2D eigenvalue weighted by molar-refractivity contribution is 9.10. The van der Waals surface area contributed by atoms with Crippen LogP contribution in [0.2, 0.25) is 0 Å². The van der Waals surface area contributed by atoms with Crippen molar-refractivity contribution >= 4 is 15.9 Å². The van der Waals surface area contributed by atoms with E-state index < -0.39 is 0 Å². The Hall–Kier alpha value is -1.55. The van der Waals surface area contributed by atoms with Gasteiger partial charge in [-0.15, -0.1) is 0 Å². The number of benzene rings is 2. The summed E-state index contributed by atoms with van der Waals surface area (Å²) in [6.07, 6.45) is 0. The van der Waals surface area contributed by atoms with Gasteiger partial charge in [0.2, 0.25) is 0 Å². The van der Waals surface area contributed by atoms with Crippen molar-refractivity contribution in [1.82, 2.24) is 0 Å². The zero-order chi connectivity index (χ0) is 13.1. The molecule has 94 valence electrons. The van der Waals surface area contributed by atoms with E-state index in [9.17, 15) is 4.39 Å². The fourth-order valence-corrected chi connectivity index (χ4v) is 2.29. The van der Waals surface area contributed by atoms with Gasteiger partial charge in [-0.3, -0.25) is 0 Å². The molecule has 0 aliphatic rings. The first-order valence-corrected chi connectivity index (χ1v) is 6.12. The summed E-state index contributed by atoms with van der Waals surface area (Å²) >= 11 is 3.36. The molecule has 18 heavy (non-hydrogen) atoms. The third kappa shape index (κ3) is 2.48. The summed E-state index contributed by atoms with van der Waals surface area (Å²) in [5.41, 5.74) is 1.75. The van der Waals surface area contributed by atoms with E-state index >= 15 is 0 Å². The highest BCUT2D eigenvalue weighted by atomic mass is 79.9. The first-order valence-electron chi connectivity index (χ1n) is 5.33. The van der Waals surface area contributed by atoms with E-state index in [0.29, 0.717) is 16.0 Å². The number of halogens is 2. The van der Waals surface area contributed by atoms with E-state index in [1.54, 1.807) is 26.4 Å². The van der Waals surface area contributed by atoms with E-state index in [4.69, 9.17) is 9.47 Å². The van der Waals surface area contributed by atoms with Gasteiger partial charge in [-0.05, 0) is 29.8 Å². The first-order chi connectivity index (χ1) is 8.65. The van der Waals surface area contributed by atoms with Crippen molar-refractivity contribution in [3.05, 3.63) is 46.7 Å². The van der Waals surface area contributed by atoms with Gasteiger partial charge in [0, 0.05) is 16.1 Å². The molecule has 4 heteroatoms. The molecule has 0 unspecified atom stereocenters. The second-order valence-corrected chi connectivity index (χ2v) is 4.54. The second kappa shape index (κ2) is 5.40. The lowest BCUT2D eigenvalue weighted by molar-refractivity contribution is 0.395. The molecule has 0 bridgehead atoms. The summed E-state index contributed by atoms with van der Waals surface area (Å²) in [5, 5.41) is 0. The number of ether oxygens (including phenoxy) is 2. The Bertz CT molecular complexity index is 570. The summed E-state index contributed by atoms with van der Waals surface area (Å²) < 4.78 is 24.2. The van der Waals surface area contributed by atoms with Crippen molar-refractivity contribution in [2.75, 3.05) is 14.2 Å². The van der Waals surface area contributed by atoms with Crippen LogP contribution in [-0.4, -0.2) is 14.2 Å². The largest absolute Gasteiger partial charge is 0.497 e. The van der Waals surface area contributed by atoms with Gasteiger partial charge in [0.25, 0.3) is 0 Å². The average molecular weight is 311 g/mol. The van der Waals surface area contributed by atoms with Crippen molar-refractivity contribution in [3.8, 4) is 22.6 Å². The van der Waals surface area contributed by atoms with Crippen LogP contribution in [0.5, 0.6) is 11.5 Å². The molecule has 0 amide bonds. The second-order valence-electron chi connectivity index (χ2n) is 3.69. The van der Waals surface area contributed by atoms with Gasteiger partial charge in [0.05, 0.1) is 14.2 Å². The molecule has 0 radical (unpaired) electrons. The van der Waals surface area contributed by atoms with Crippen LogP contribution >= 0.6 is 15.9 Å². The van der Waals surface area contributed by atoms with Crippen molar-refractivity contribution < 1.29 is 13.9 Å². The topological polar surface area (TPSA) is 18.5 Å². The quantitative estimate of drug-likeness (QED) is 0.842. The zero-order valence-electron chi connectivity index (χ0n) is 10.0. The molecular formula is C14H12BrFO2. The normalized spacial score (nSPS) is 10.2. The lowest BCUT2D eigenvalue weighted by Crippen LogP contribution is -1.91. The van der Waals surface area contributed by atoms with Gasteiger partial charge in [0.1, 0.15) is 17.3 Å². The first kappa shape index (κ1) is 12.9. The maximum atomic E-state index is 13.1. The molecule has 0 fully saturated rings. The minimum atomic E-state index is -0.280. The van der Waals surface area contributed by atoms with Crippen LogP contribution < -0.4 is 9.47 Å². The lowest BCUT2D eigenvalue weighted by atomic mass is 10.0. The van der Waals surface area contributed by atoms with Gasteiger partial charge in [-0.1, -0.05) is 22.0 Å². The number of hydrogen-bond acceptors (Lipinski definition) is 2. The summed E-state index contributed by atoms with van der Waals surface area (Å²) in [6, 6.07) is 10.1. The molecule has 0 aliphatic carbocycles. The van der Waals surface area contributed by atoms with E-state index in [1.807, 2.05) is 12.1 Å². The van der Waals surface area contributed by atoms with Gasteiger partial charge < -0.3 is 9.47 Å².